The summed E-state index contributed by atoms with van der Waals surface area (Å²) in [4.78, 5) is 24.7. The van der Waals surface area contributed by atoms with Crippen LogP contribution in [-0.2, 0) is 16.0 Å². The van der Waals surface area contributed by atoms with Gasteiger partial charge in [0.05, 0.1) is 30.4 Å². The Morgan fingerprint density at radius 2 is 1.46 bits per heavy atom. The fourth-order valence-electron chi connectivity index (χ4n) is 2.29. The second kappa shape index (κ2) is 7.71. The van der Waals surface area contributed by atoms with Crippen LogP contribution in [0.25, 0.3) is 0 Å². The average molecular weight is 318 g/mol. The zero-order valence-electron chi connectivity index (χ0n) is 13.0. The Morgan fingerprint density at radius 1 is 0.958 bits per heavy atom. The van der Waals surface area contributed by atoms with Crippen molar-refractivity contribution < 1.29 is 14.3 Å². The molecule has 0 aromatic heterocycles. The molecule has 1 atom stereocenters. The highest BCUT2D eigenvalue weighted by Gasteiger charge is 2.28. The van der Waals surface area contributed by atoms with Crippen LogP contribution in [0.5, 0.6) is 0 Å². The number of ketones is 1. The van der Waals surface area contributed by atoms with Crippen LogP contribution in [0, 0.1) is 28.6 Å². The maximum absolute atomic E-state index is 12.6. The van der Waals surface area contributed by atoms with Crippen LogP contribution in [0.2, 0.25) is 0 Å². The number of rotatable bonds is 5. The standard InChI is InChI=1S/C19H14N2O3/c1-24-19(23)17(10-13-2-4-14(11-20)5-3-13)18(22)16-8-6-15(12-21)7-9-16/h2-9,17H,10H2,1H3. The van der Waals surface area contributed by atoms with Gasteiger partial charge in [-0.25, -0.2) is 0 Å². The molecule has 0 aliphatic rings. The Balaban J connectivity index is 2.26. The van der Waals surface area contributed by atoms with Gasteiger partial charge in [-0.1, -0.05) is 24.3 Å². The number of methoxy groups -OCH3 is 1. The summed E-state index contributed by atoms with van der Waals surface area (Å²) in [5.41, 5.74) is 2.05. The van der Waals surface area contributed by atoms with E-state index in [1.165, 1.54) is 31.4 Å². The lowest BCUT2D eigenvalue weighted by molar-refractivity contribution is -0.143. The van der Waals surface area contributed by atoms with Gasteiger partial charge in [0.15, 0.2) is 5.78 Å². The highest BCUT2D eigenvalue weighted by atomic mass is 16.5. The summed E-state index contributed by atoms with van der Waals surface area (Å²) < 4.78 is 4.75. The Morgan fingerprint density at radius 3 is 1.92 bits per heavy atom. The van der Waals surface area contributed by atoms with Gasteiger partial charge < -0.3 is 4.74 Å². The van der Waals surface area contributed by atoms with Crippen molar-refractivity contribution in [1.29, 1.82) is 10.5 Å². The van der Waals surface area contributed by atoms with Gasteiger partial charge in [0, 0.05) is 5.56 Å². The molecule has 2 aromatic carbocycles. The SMILES string of the molecule is COC(=O)C(Cc1ccc(C#N)cc1)C(=O)c1ccc(C#N)cc1. The normalized spacial score (nSPS) is 11.0. The third-order valence-corrected chi connectivity index (χ3v) is 3.62. The molecule has 2 aromatic rings. The van der Waals surface area contributed by atoms with Crippen LogP contribution >= 0.6 is 0 Å². The molecule has 1 unspecified atom stereocenters. The highest BCUT2D eigenvalue weighted by molar-refractivity contribution is 6.08. The van der Waals surface area contributed by atoms with Crippen molar-refractivity contribution in [2.24, 2.45) is 5.92 Å². The van der Waals surface area contributed by atoms with E-state index >= 15 is 0 Å². The van der Waals surface area contributed by atoms with E-state index in [9.17, 15) is 9.59 Å². The number of nitrogens with zero attached hydrogens (tertiary/aromatic N) is 2. The molecule has 5 heteroatoms. The van der Waals surface area contributed by atoms with Crippen molar-refractivity contribution in [1.82, 2.24) is 0 Å². The lowest BCUT2D eigenvalue weighted by Crippen LogP contribution is -2.27. The number of benzene rings is 2. The molecule has 0 aliphatic carbocycles. The minimum Gasteiger partial charge on any atom is -0.468 e. The Labute approximate surface area is 139 Å². The molecule has 24 heavy (non-hydrogen) atoms. The van der Waals surface area contributed by atoms with E-state index in [0.717, 1.165) is 5.56 Å². The average Bonchev–Trinajstić information content (AvgIpc) is 2.65. The zero-order chi connectivity index (χ0) is 17.5. The lowest BCUT2D eigenvalue weighted by Gasteiger charge is -2.14. The van der Waals surface area contributed by atoms with E-state index in [0.29, 0.717) is 16.7 Å². The maximum Gasteiger partial charge on any atom is 0.316 e. The first-order chi connectivity index (χ1) is 11.6. The molecule has 0 spiro atoms. The molecule has 0 saturated carbocycles. The minimum atomic E-state index is -0.976. The summed E-state index contributed by atoms with van der Waals surface area (Å²) in [5.74, 6) is -1.96. The third-order valence-electron chi connectivity index (χ3n) is 3.62. The van der Waals surface area contributed by atoms with Crippen LogP contribution in [0.1, 0.15) is 27.0 Å². The van der Waals surface area contributed by atoms with Gasteiger partial charge in [0.25, 0.3) is 0 Å². The van der Waals surface area contributed by atoms with Crippen molar-refractivity contribution in [2.75, 3.05) is 7.11 Å². The second-order valence-electron chi connectivity index (χ2n) is 5.14. The topological polar surface area (TPSA) is 90.9 Å². The van der Waals surface area contributed by atoms with Gasteiger partial charge in [-0.2, -0.15) is 10.5 Å². The van der Waals surface area contributed by atoms with Gasteiger partial charge in [-0.05, 0) is 36.2 Å². The molecule has 118 valence electrons. The number of ether oxygens (including phenoxy) is 1. The smallest absolute Gasteiger partial charge is 0.316 e. The predicted molar refractivity (Wildman–Crippen MR) is 85.9 cm³/mol. The summed E-state index contributed by atoms with van der Waals surface area (Å²) in [5, 5.41) is 17.6. The Hall–Kier alpha value is -3.44. The van der Waals surface area contributed by atoms with E-state index in [2.05, 4.69) is 0 Å². The van der Waals surface area contributed by atoms with Crippen molar-refractivity contribution in [3.8, 4) is 12.1 Å². The fourth-order valence-corrected chi connectivity index (χ4v) is 2.29. The number of carbonyl (C=O) groups is 2. The minimum absolute atomic E-state index is 0.178. The van der Waals surface area contributed by atoms with Crippen LogP contribution in [0.15, 0.2) is 48.5 Å². The number of esters is 1. The first kappa shape index (κ1) is 16.9. The number of hydrogen-bond acceptors (Lipinski definition) is 5. The number of Topliss-reactive ketones (excluding diaryl/α,β-unsaturated/α-hetero) is 1. The quantitative estimate of drug-likeness (QED) is 0.480. The van der Waals surface area contributed by atoms with Gasteiger partial charge in [0.2, 0.25) is 0 Å². The van der Waals surface area contributed by atoms with E-state index in [4.69, 9.17) is 15.3 Å². The van der Waals surface area contributed by atoms with Crippen molar-refractivity contribution in [3.63, 3.8) is 0 Å². The summed E-state index contributed by atoms with van der Waals surface area (Å²) in [6.07, 6.45) is 0.178. The molecule has 2 rings (SSSR count). The Bertz CT molecular complexity index is 825. The molecule has 0 radical (unpaired) electrons. The van der Waals surface area contributed by atoms with Crippen LogP contribution in [-0.4, -0.2) is 18.9 Å². The molecule has 0 fully saturated rings. The van der Waals surface area contributed by atoms with Crippen molar-refractivity contribution in [2.45, 2.75) is 6.42 Å². The summed E-state index contributed by atoms with van der Waals surface area (Å²) in [6, 6.07) is 16.8. The first-order valence-corrected chi connectivity index (χ1v) is 7.20. The lowest BCUT2D eigenvalue weighted by atomic mass is 9.90. The highest BCUT2D eigenvalue weighted by Crippen LogP contribution is 2.18. The van der Waals surface area contributed by atoms with Crippen molar-refractivity contribution >= 4 is 11.8 Å². The molecule has 0 saturated heterocycles. The Kier molecular flexibility index (Phi) is 5.44. The maximum atomic E-state index is 12.6. The fraction of sp³-hybridized carbons (Fsp3) is 0.158. The molecule has 0 aliphatic heterocycles. The predicted octanol–water partition coefficient (Wildman–Crippen LogP) is 2.64. The number of carbonyl (C=O) groups excluding carboxylic acids is 2. The van der Waals surface area contributed by atoms with Gasteiger partial charge >= 0.3 is 5.97 Å². The van der Waals surface area contributed by atoms with Crippen LogP contribution < -0.4 is 0 Å². The van der Waals surface area contributed by atoms with Gasteiger partial charge in [-0.3, -0.25) is 9.59 Å². The summed E-state index contributed by atoms with van der Waals surface area (Å²) in [6.45, 7) is 0. The zero-order valence-corrected chi connectivity index (χ0v) is 13.0. The van der Waals surface area contributed by atoms with E-state index < -0.39 is 11.9 Å². The van der Waals surface area contributed by atoms with E-state index in [1.807, 2.05) is 12.1 Å². The summed E-state index contributed by atoms with van der Waals surface area (Å²) >= 11 is 0. The summed E-state index contributed by atoms with van der Waals surface area (Å²) in [7, 11) is 1.24. The van der Waals surface area contributed by atoms with Crippen LogP contribution in [0.4, 0.5) is 0 Å². The molecule has 0 amide bonds. The molecular weight excluding hydrogens is 304 g/mol. The second-order valence-corrected chi connectivity index (χ2v) is 5.14. The number of hydrogen-bond donors (Lipinski definition) is 0. The van der Waals surface area contributed by atoms with E-state index in [-0.39, 0.29) is 12.2 Å². The van der Waals surface area contributed by atoms with E-state index in [1.54, 1.807) is 24.3 Å². The third kappa shape index (κ3) is 3.85. The molecule has 0 heterocycles. The van der Waals surface area contributed by atoms with Crippen molar-refractivity contribution in [3.05, 3.63) is 70.8 Å². The van der Waals surface area contributed by atoms with Gasteiger partial charge in [-0.15, -0.1) is 0 Å². The van der Waals surface area contributed by atoms with Crippen LogP contribution in [0.3, 0.4) is 0 Å². The van der Waals surface area contributed by atoms with Gasteiger partial charge in [0.1, 0.15) is 5.92 Å². The first-order valence-electron chi connectivity index (χ1n) is 7.20. The molecular formula is C19H14N2O3. The molecule has 0 N–H and O–H groups in total. The number of nitriles is 2. The molecule has 0 bridgehead atoms. The largest absolute Gasteiger partial charge is 0.468 e. The molecule has 5 nitrogen and oxygen atoms in total. The monoisotopic (exact) mass is 318 g/mol.